The number of aliphatic hydroxyl groups excluding tert-OH is 1. The molecule has 1 unspecified atom stereocenters. The van der Waals surface area contributed by atoms with Gasteiger partial charge in [-0.3, -0.25) is 0 Å². The van der Waals surface area contributed by atoms with Crippen molar-refractivity contribution in [2.75, 3.05) is 18.5 Å². The van der Waals surface area contributed by atoms with E-state index in [9.17, 15) is 4.39 Å². The molecular weight excluding hydrogens is 309 g/mol. The normalized spacial score (nSPS) is 17.0. The molecule has 1 aliphatic rings. The topological polar surface area (TPSA) is 50.7 Å². The van der Waals surface area contributed by atoms with E-state index in [0.717, 1.165) is 30.6 Å². The zero-order valence-corrected chi connectivity index (χ0v) is 13.5. The number of hydrogen-bond donors (Lipinski definition) is 2. The van der Waals surface area contributed by atoms with Crippen molar-refractivity contribution in [3.05, 3.63) is 59.4 Å². The van der Waals surface area contributed by atoms with Crippen LogP contribution in [0.25, 0.3) is 0 Å². The number of aliphatic hydroxyl groups is 1. The van der Waals surface area contributed by atoms with Gasteiger partial charge in [0.25, 0.3) is 0 Å². The van der Waals surface area contributed by atoms with Crippen molar-refractivity contribution in [3.8, 4) is 5.75 Å². The van der Waals surface area contributed by atoms with Crippen LogP contribution in [0.2, 0.25) is 0 Å². The Morgan fingerprint density at radius 3 is 2.67 bits per heavy atom. The van der Waals surface area contributed by atoms with E-state index in [2.05, 4.69) is 5.32 Å². The molecule has 0 saturated carbocycles. The highest BCUT2D eigenvalue weighted by Gasteiger charge is 2.17. The molecular formula is C19H22FNO3. The molecule has 1 heterocycles. The average Bonchev–Trinajstić information content (AvgIpc) is 3.13. The summed E-state index contributed by atoms with van der Waals surface area (Å²) in [4.78, 5) is 0. The third-order valence-electron chi connectivity index (χ3n) is 4.08. The highest BCUT2D eigenvalue weighted by Crippen LogP contribution is 2.27. The Morgan fingerprint density at radius 2 is 1.96 bits per heavy atom. The van der Waals surface area contributed by atoms with Crippen molar-refractivity contribution in [3.63, 3.8) is 0 Å². The van der Waals surface area contributed by atoms with Crippen LogP contribution in [-0.4, -0.2) is 24.4 Å². The summed E-state index contributed by atoms with van der Waals surface area (Å²) in [6, 6.07) is 12.1. The summed E-state index contributed by atoms with van der Waals surface area (Å²) < 4.78 is 24.9. The third kappa shape index (κ3) is 4.46. The van der Waals surface area contributed by atoms with Gasteiger partial charge in [0, 0.05) is 19.2 Å². The number of nitrogens with one attached hydrogen (secondary N) is 1. The fourth-order valence-corrected chi connectivity index (χ4v) is 2.68. The average molecular weight is 331 g/mol. The summed E-state index contributed by atoms with van der Waals surface area (Å²) in [5, 5.41) is 12.3. The molecule has 24 heavy (non-hydrogen) atoms. The first-order valence-electron chi connectivity index (χ1n) is 8.21. The van der Waals surface area contributed by atoms with Crippen LogP contribution >= 0.6 is 0 Å². The van der Waals surface area contributed by atoms with E-state index in [1.807, 2.05) is 24.3 Å². The Kier molecular flexibility index (Phi) is 5.67. The molecule has 2 aromatic rings. The van der Waals surface area contributed by atoms with Gasteiger partial charge in [-0.2, -0.15) is 0 Å². The molecule has 0 aliphatic carbocycles. The quantitative estimate of drug-likeness (QED) is 0.815. The summed E-state index contributed by atoms with van der Waals surface area (Å²) >= 11 is 0. The molecule has 0 radical (unpaired) electrons. The molecule has 0 amide bonds. The zero-order valence-electron chi connectivity index (χ0n) is 13.5. The van der Waals surface area contributed by atoms with Gasteiger partial charge in [-0.1, -0.05) is 24.3 Å². The zero-order chi connectivity index (χ0) is 16.8. The molecule has 128 valence electrons. The smallest absolute Gasteiger partial charge is 0.142 e. The van der Waals surface area contributed by atoms with Gasteiger partial charge < -0.3 is 19.9 Å². The first kappa shape index (κ1) is 16.7. The minimum Gasteiger partial charge on any atom is -0.489 e. The van der Waals surface area contributed by atoms with Gasteiger partial charge >= 0.3 is 0 Å². The van der Waals surface area contributed by atoms with Gasteiger partial charge in [-0.25, -0.2) is 4.39 Å². The lowest BCUT2D eigenvalue weighted by atomic mass is 10.1. The lowest BCUT2D eigenvalue weighted by Gasteiger charge is -2.16. The Morgan fingerprint density at radius 1 is 1.17 bits per heavy atom. The number of benzene rings is 2. The van der Waals surface area contributed by atoms with Gasteiger partial charge in [-0.15, -0.1) is 0 Å². The second-order valence-corrected chi connectivity index (χ2v) is 5.91. The number of halogens is 1. The third-order valence-corrected chi connectivity index (χ3v) is 4.08. The van der Waals surface area contributed by atoms with Gasteiger partial charge in [0.1, 0.15) is 18.2 Å². The second kappa shape index (κ2) is 8.13. The maximum Gasteiger partial charge on any atom is 0.142 e. The van der Waals surface area contributed by atoms with Gasteiger partial charge in [0.15, 0.2) is 0 Å². The number of rotatable bonds is 7. The second-order valence-electron chi connectivity index (χ2n) is 5.91. The summed E-state index contributed by atoms with van der Waals surface area (Å²) in [5.74, 6) is 0.316. The first-order chi connectivity index (χ1) is 11.7. The Balaban J connectivity index is 1.63. The highest BCUT2D eigenvalue weighted by atomic mass is 19.1. The van der Waals surface area contributed by atoms with Crippen LogP contribution in [-0.2, 0) is 17.9 Å². The fraction of sp³-hybridized carbons (Fsp3) is 0.368. The van der Waals surface area contributed by atoms with Crippen molar-refractivity contribution >= 4 is 5.69 Å². The largest absolute Gasteiger partial charge is 0.489 e. The van der Waals surface area contributed by atoms with Crippen molar-refractivity contribution in [1.82, 2.24) is 0 Å². The lowest BCUT2D eigenvalue weighted by molar-refractivity contribution is 0.0682. The van der Waals surface area contributed by atoms with Gasteiger partial charge in [0.2, 0.25) is 0 Å². The number of anilines is 1. The Bertz CT molecular complexity index is 654. The molecule has 3 rings (SSSR count). The maximum absolute atomic E-state index is 13.6. The van der Waals surface area contributed by atoms with Crippen LogP contribution in [0, 0.1) is 5.82 Å². The van der Waals surface area contributed by atoms with E-state index in [1.165, 1.54) is 12.1 Å². The van der Waals surface area contributed by atoms with E-state index in [-0.39, 0.29) is 18.5 Å². The van der Waals surface area contributed by atoms with Crippen LogP contribution in [0.4, 0.5) is 10.1 Å². The minimum absolute atomic E-state index is 0.0266. The van der Waals surface area contributed by atoms with Crippen molar-refractivity contribution in [2.24, 2.45) is 0 Å². The summed E-state index contributed by atoms with van der Waals surface area (Å²) in [7, 11) is 0. The van der Waals surface area contributed by atoms with Crippen LogP contribution in [0.3, 0.4) is 0 Å². The van der Waals surface area contributed by atoms with Crippen LogP contribution < -0.4 is 10.1 Å². The molecule has 0 bridgehead atoms. The molecule has 1 fully saturated rings. The lowest BCUT2D eigenvalue weighted by Crippen LogP contribution is -2.17. The summed E-state index contributed by atoms with van der Waals surface area (Å²) in [5.41, 5.74) is 2.53. The molecule has 1 atom stereocenters. The summed E-state index contributed by atoms with van der Waals surface area (Å²) in [6.45, 7) is 1.84. The molecule has 4 nitrogen and oxygen atoms in total. The van der Waals surface area contributed by atoms with Crippen molar-refractivity contribution in [1.29, 1.82) is 0 Å². The van der Waals surface area contributed by atoms with Gasteiger partial charge in [0.05, 0.1) is 18.4 Å². The Hall–Kier alpha value is -2.11. The molecule has 1 saturated heterocycles. The predicted octanol–water partition coefficient (Wildman–Crippen LogP) is 3.49. The first-order valence-corrected chi connectivity index (χ1v) is 8.21. The molecule has 1 aliphatic heterocycles. The monoisotopic (exact) mass is 331 g/mol. The SMILES string of the molecule is OCc1ccc(CNc2cc(F)ccc2OCC2CCCO2)cc1. The Labute approximate surface area is 141 Å². The standard InChI is InChI=1S/C19H22FNO3/c20-16-7-8-19(24-13-17-2-1-9-23-17)18(10-16)21-11-14-3-5-15(12-22)6-4-14/h3-8,10,17,21-22H,1-2,9,11-13H2. The molecule has 2 N–H and O–H groups in total. The van der Waals surface area contributed by atoms with Crippen molar-refractivity contribution < 1.29 is 19.0 Å². The molecule has 2 aromatic carbocycles. The van der Waals surface area contributed by atoms with E-state index in [1.54, 1.807) is 6.07 Å². The van der Waals surface area contributed by atoms with E-state index < -0.39 is 0 Å². The molecule has 0 aromatic heterocycles. The predicted molar refractivity (Wildman–Crippen MR) is 90.6 cm³/mol. The highest BCUT2D eigenvalue weighted by molar-refractivity contribution is 5.56. The number of ether oxygens (including phenoxy) is 2. The van der Waals surface area contributed by atoms with E-state index in [0.29, 0.717) is 24.6 Å². The summed E-state index contributed by atoms with van der Waals surface area (Å²) in [6.07, 6.45) is 2.18. The minimum atomic E-state index is -0.308. The fourth-order valence-electron chi connectivity index (χ4n) is 2.68. The van der Waals surface area contributed by atoms with Gasteiger partial charge in [-0.05, 0) is 36.1 Å². The van der Waals surface area contributed by atoms with Crippen molar-refractivity contribution in [2.45, 2.75) is 32.1 Å². The molecule has 0 spiro atoms. The molecule has 5 heteroatoms. The van der Waals surface area contributed by atoms with E-state index in [4.69, 9.17) is 14.6 Å². The van der Waals surface area contributed by atoms with Crippen LogP contribution in [0.1, 0.15) is 24.0 Å². The van der Waals surface area contributed by atoms with Crippen LogP contribution in [0.5, 0.6) is 5.75 Å². The number of hydrogen-bond acceptors (Lipinski definition) is 4. The van der Waals surface area contributed by atoms with E-state index >= 15 is 0 Å². The maximum atomic E-state index is 13.6. The van der Waals surface area contributed by atoms with Crippen LogP contribution in [0.15, 0.2) is 42.5 Å².